The van der Waals surface area contributed by atoms with Gasteiger partial charge in [-0.3, -0.25) is 0 Å². The van der Waals surface area contributed by atoms with Gasteiger partial charge in [-0.1, -0.05) is 164 Å². The number of nitrogens with zero attached hydrogens (tertiary/aromatic N) is 2. The molecule has 0 bridgehead atoms. The van der Waals surface area contributed by atoms with Crippen LogP contribution in [0.4, 0.5) is 17.1 Å². The molecule has 2 nitrogen and oxygen atoms in total. The average molecular weight is 689 g/mol. The van der Waals surface area contributed by atoms with Gasteiger partial charge >= 0.3 is 0 Å². The van der Waals surface area contributed by atoms with Crippen molar-refractivity contribution in [2.75, 3.05) is 4.90 Å². The molecule has 0 saturated carbocycles. The van der Waals surface area contributed by atoms with Crippen molar-refractivity contribution in [3.05, 3.63) is 218 Å². The maximum absolute atomic E-state index is 2.39. The highest BCUT2D eigenvalue weighted by atomic mass is 15.1. The fraction of sp³-hybridized carbons (Fsp3) is 0. The Hall–Kier alpha value is -7.16. The number of rotatable bonds is 7. The summed E-state index contributed by atoms with van der Waals surface area (Å²) in [4.78, 5) is 2.37. The minimum Gasteiger partial charge on any atom is -0.310 e. The number of benzene rings is 9. The molecule has 0 aliphatic carbocycles. The van der Waals surface area contributed by atoms with Crippen LogP contribution in [0, 0.1) is 0 Å². The summed E-state index contributed by atoms with van der Waals surface area (Å²) in [5.74, 6) is 0. The van der Waals surface area contributed by atoms with Gasteiger partial charge in [-0.2, -0.15) is 0 Å². The second-order valence-electron chi connectivity index (χ2n) is 13.8. The van der Waals surface area contributed by atoms with Gasteiger partial charge in [0.1, 0.15) is 0 Å². The zero-order chi connectivity index (χ0) is 35.8. The van der Waals surface area contributed by atoms with Crippen LogP contribution in [0.5, 0.6) is 0 Å². The van der Waals surface area contributed by atoms with Crippen molar-refractivity contribution in [2.24, 2.45) is 0 Å². The Morgan fingerprint density at radius 2 is 0.759 bits per heavy atom. The molecule has 54 heavy (non-hydrogen) atoms. The van der Waals surface area contributed by atoms with Gasteiger partial charge in [0, 0.05) is 33.5 Å². The van der Waals surface area contributed by atoms with E-state index in [4.69, 9.17) is 0 Å². The summed E-state index contributed by atoms with van der Waals surface area (Å²) in [5.41, 5.74) is 14.1. The summed E-state index contributed by atoms with van der Waals surface area (Å²) in [6.45, 7) is 0. The van der Waals surface area contributed by atoms with E-state index >= 15 is 0 Å². The molecule has 0 aliphatic heterocycles. The molecule has 10 aromatic rings. The molecule has 0 radical (unpaired) electrons. The van der Waals surface area contributed by atoms with Crippen LogP contribution in [0.2, 0.25) is 0 Å². The van der Waals surface area contributed by atoms with Gasteiger partial charge in [-0.25, -0.2) is 0 Å². The first kappa shape index (κ1) is 31.6. The van der Waals surface area contributed by atoms with Gasteiger partial charge in [0.05, 0.1) is 11.0 Å². The third kappa shape index (κ3) is 5.62. The molecule has 254 valence electrons. The second-order valence-corrected chi connectivity index (χ2v) is 13.8. The van der Waals surface area contributed by atoms with Gasteiger partial charge < -0.3 is 9.47 Å². The van der Waals surface area contributed by atoms with Gasteiger partial charge in [-0.05, 0) is 98.8 Å². The largest absolute Gasteiger partial charge is 0.310 e. The van der Waals surface area contributed by atoms with E-state index in [1.165, 1.54) is 66.0 Å². The summed E-state index contributed by atoms with van der Waals surface area (Å²) in [6, 6.07) is 78.8. The third-order valence-electron chi connectivity index (χ3n) is 10.6. The molecular formula is C52H36N2. The molecular weight excluding hydrogens is 653 g/mol. The minimum absolute atomic E-state index is 1.09. The molecule has 0 fully saturated rings. The minimum atomic E-state index is 1.09. The van der Waals surface area contributed by atoms with Crippen molar-refractivity contribution >= 4 is 49.6 Å². The zero-order valence-corrected chi connectivity index (χ0v) is 29.7. The summed E-state index contributed by atoms with van der Waals surface area (Å²) in [5, 5.41) is 5.02. The van der Waals surface area contributed by atoms with Gasteiger partial charge in [0.15, 0.2) is 0 Å². The fourth-order valence-electron chi connectivity index (χ4n) is 7.98. The van der Waals surface area contributed by atoms with Crippen molar-refractivity contribution in [1.29, 1.82) is 0 Å². The van der Waals surface area contributed by atoms with E-state index in [9.17, 15) is 0 Å². The summed E-state index contributed by atoms with van der Waals surface area (Å²) < 4.78 is 2.39. The maximum Gasteiger partial charge on any atom is 0.0541 e. The standard InChI is InChI=1S/C52H36N2/c1-2-12-37(13-3-1)38-24-26-39(27-25-38)40-28-32-43(33-29-40)53(44-34-30-42(31-35-44)48-21-10-15-41-14-4-5-18-47(41)48)45-16-11-17-46(36-45)54-51-22-8-6-19-49(51)50-20-7-9-23-52(50)54/h1-36H. The van der Waals surface area contributed by atoms with Gasteiger partial charge in [-0.15, -0.1) is 0 Å². The first-order valence-electron chi connectivity index (χ1n) is 18.5. The second kappa shape index (κ2) is 13.4. The van der Waals surface area contributed by atoms with E-state index in [0.717, 1.165) is 22.7 Å². The lowest BCUT2D eigenvalue weighted by molar-refractivity contribution is 1.17. The molecule has 0 saturated heterocycles. The molecule has 10 rings (SSSR count). The lowest BCUT2D eigenvalue weighted by Crippen LogP contribution is -2.10. The van der Waals surface area contributed by atoms with Crippen LogP contribution in [0.15, 0.2) is 218 Å². The molecule has 0 N–H and O–H groups in total. The molecule has 1 heterocycles. The molecule has 2 heteroatoms. The Morgan fingerprint density at radius 3 is 1.39 bits per heavy atom. The predicted octanol–water partition coefficient (Wildman–Crippen LogP) is 14.4. The number of fused-ring (bicyclic) bond motifs is 4. The lowest BCUT2D eigenvalue weighted by Gasteiger charge is -2.27. The lowest BCUT2D eigenvalue weighted by atomic mass is 9.98. The number of anilines is 3. The van der Waals surface area contributed by atoms with Crippen LogP contribution < -0.4 is 4.90 Å². The number of aromatic nitrogens is 1. The van der Waals surface area contributed by atoms with Gasteiger partial charge in [0.2, 0.25) is 0 Å². The van der Waals surface area contributed by atoms with E-state index in [1.54, 1.807) is 0 Å². The summed E-state index contributed by atoms with van der Waals surface area (Å²) in [6.07, 6.45) is 0. The highest BCUT2D eigenvalue weighted by molar-refractivity contribution is 6.09. The van der Waals surface area contributed by atoms with E-state index in [0.29, 0.717) is 0 Å². The van der Waals surface area contributed by atoms with Crippen LogP contribution in [-0.4, -0.2) is 4.57 Å². The van der Waals surface area contributed by atoms with E-state index < -0.39 is 0 Å². The number of hydrogen-bond acceptors (Lipinski definition) is 1. The Balaban J connectivity index is 1.07. The Bertz CT molecular complexity index is 2840. The predicted molar refractivity (Wildman–Crippen MR) is 229 cm³/mol. The Morgan fingerprint density at radius 1 is 0.296 bits per heavy atom. The van der Waals surface area contributed by atoms with E-state index in [1.807, 2.05) is 0 Å². The van der Waals surface area contributed by atoms with Crippen molar-refractivity contribution < 1.29 is 0 Å². The first-order chi connectivity index (χ1) is 26.8. The number of para-hydroxylation sites is 2. The molecule has 0 aliphatic rings. The van der Waals surface area contributed by atoms with E-state index in [2.05, 4.69) is 228 Å². The van der Waals surface area contributed by atoms with Crippen molar-refractivity contribution in [1.82, 2.24) is 4.57 Å². The molecule has 0 spiro atoms. The monoisotopic (exact) mass is 688 g/mol. The summed E-state index contributed by atoms with van der Waals surface area (Å²) in [7, 11) is 0. The normalized spacial score (nSPS) is 11.3. The summed E-state index contributed by atoms with van der Waals surface area (Å²) >= 11 is 0. The van der Waals surface area contributed by atoms with Crippen LogP contribution in [-0.2, 0) is 0 Å². The number of hydrogen-bond donors (Lipinski definition) is 0. The third-order valence-corrected chi connectivity index (χ3v) is 10.6. The highest BCUT2D eigenvalue weighted by Gasteiger charge is 2.17. The van der Waals surface area contributed by atoms with Crippen molar-refractivity contribution in [3.8, 4) is 39.1 Å². The van der Waals surface area contributed by atoms with Crippen LogP contribution in [0.1, 0.15) is 0 Å². The Kier molecular flexibility index (Phi) is 7.85. The smallest absolute Gasteiger partial charge is 0.0541 e. The molecule has 0 unspecified atom stereocenters. The van der Waals surface area contributed by atoms with Crippen molar-refractivity contribution in [2.45, 2.75) is 0 Å². The quantitative estimate of drug-likeness (QED) is 0.162. The molecule has 9 aromatic carbocycles. The topological polar surface area (TPSA) is 8.17 Å². The van der Waals surface area contributed by atoms with Crippen molar-refractivity contribution in [3.63, 3.8) is 0 Å². The molecule has 0 atom stereocenters. The average Bonchev–Trinajstić information content (AvgIpc) is 3.59. The Labute approximate surface area is 315 Å². The maximum atomic E-state index is 2.39. The molecule has 0 amide bonds. The molecule has 1 aromatic heterocycles. The zero-order valence-electron chi connectivity index (χ0n) is 29.7. The SMILES string of the molecule is c1ccc(-c2ccc(-c3ccc(N(c4ccc(-c5cccc6ccccc56)cc4)c4cccc(-n5c6ccccc6c6ccccc65)c4)cc3)cc2)cc1. The van der Waals surface area contributed by atoms with Crippen LogP contribution in [0.25, 0.3) is 71.6 Å². The van der Waals surface area contributed by atoms with Gasteiger partial charge in [0.25, 0.3) is 0 Å². The fourth-order valence-corrected chi connectivity index (χ4v) is 7.98. The first-order valence-corrected chi connectivity index (χ1v) is 18.5. The van der Waals surface area contributed by atoms with Crippen LogP contribution in [0.3, 0.4) is 0 Å². The van der Waals surface area contributed by atoms with Crippen LogP contribution >= 0.6 is 0 Å². The van der Waals surface area contributed by atoms with E-state index in [-0.39, 0.29) is 0 Å². The highest BCUT2D eigenvalue weighted by Crippen LogP contribution is 2.40.